The summed E-state index contributed by atoms with van der Waals surface area (Å²) in [6.07, 6.45) is 4.17. The van der Waals surface area contributed by atoms with Crippen LogP contribution in [0, 0.1) is 17.3 Å². The van der Waals surface area contributed by atoms with Gasteiger partial charge in [0.1, 0.15) is 0 Å². The molecule has 4 heteroatoms. The Morgan fingerprint density at radius 3 is 2.50 bits per heavy atom. The van der Waals surface area contributed by atoms with E-state index in [4.69, 9.17) is 4.65 Å². The first-order valence-electron chi connectivity index (χ1n) is 7.36. The Kier molecular flexibility index (Phi) is 3.83. The molecule has 3 nitrogen and oxygen atoms in total. The molecule has 0 spiro atoms. The van der Waals surface area contributed by atoms with Crippen molar-refractivity contribution in [1.82, 2.24) is 0 Å². The zero-order valence-corrected chi connectivity index (χ0v) is 12.1. The molecule has 2 bridgehead atoms. The number of hydrogen-bond acceptors (Lipinski definition) is 3. The van der Waals surface area contributed by atoms with E-state index in [1.165, 1.54) is 0 Å². The number of rotatable bonds is 5. The van der Waals surface area contributed by atoms with Crippen molar-refractivity contribution in [3.63, 3.8) is 0 Å². The van der Waals surface area contributed by atoms with Crippen LogP contribution < -0.4 is 0 Å². The van der Waals surface area contributed by atoms with E-state index in [9.17, 15) is 10.1 Å². The third-order valence-electron chi connectivity index (χ3n) is 5.53. The van der Waals surface area contributed by atoms with Crippen LogP contribution in [0.3, 0.4) is 0 Å². The van der Waals surface area contributed by atoms with Crippen LogP contribution in [0.4, 0.5) is 0 Å². The predicted molar refractivity (Wildman–Crippen MR) is 73.2 cm³/mol. The molecule has 3 rings (SSSR count). The van der Waals surface area contributed by atoms with Gasteiger partial charge in [-0.3, -0.25) is 0 Å². The first-order valence-corrected chi connectivity index (χ1v) is 7.36. The Morgan fingerprint density at radius 2 is 1.94 bits per heavy atom. The number of aliphatic hydroxyl groups excluding tert-OH is 1. The second-order valence-corrected chi connectivity index (χ2v) is 6.96. The van der Waals surface area contributed by atoms with Crippen molar-refractivity contribution in [2.24, 2.45) is 17.3 Å². The van der Waals surface area contributed by atoms with Gasteiger partial charge in [-0.15, -0.1) is 0 Å². The third-order valence-corrected chi connectivity index (χ3v) is 5.53. The van der Waals surface area contributed by atoms with E-state index in [1.807, 2.05) is 6.92 Å². The van der Waals surface area contributed by atoms with Gasteiger partial charge in [-0.2, -0.15) is 0 Å². The highest BCUT2D eigenvalue weighted by molar-refractivity contribution is 6.42. The van der Waals surface area contributed by atoms with E-state index in [-0.39, 0.29) is 5.41 Å². The predicted octanol–water partition coefficient (Wildman–Crippen LogP) is 2.47. The molecule has 3 aliphatic carbocycles. The SMILES string of the molecule is CCCCB(O)O[C@]1(C)[C@H](O)C[C@@H]2C[C@H]1C2(C)C. The summed E-state index contributed by atoms with van der Waals surface area (Å²) in [4.78, 5) is 0. The Hall–Kier alpha value is -0.0551. The molecule has 3 fully saturated rings. The summed E-state index contributed by atoms with van der Waals surface area (Å²) in [6.45, 7) is 8.60. The minimum absolute atomic E-state index is 0.235. The third kappa shape index (κ3) is 2.12. The first-order chi connectivity index (χ1) is 8.32. The van der Waals surface area contributed by atoms with Crippen LogP contribution in [0.1, 0.15) is 53.4 Å². The molecular weight excluding hydrogens is 227 g/mol. The second-order valence-electron chi connectivity index (χ2n) is 6.96. The summed E-state index contributed by atoms with van der Waals surface area (Å²) < 4.78 is 5.88. The van der Waals surface area contributed by atoms with Crippen molar-refractivity contribution >= 4 is 7.12 Å². The zero-order valence-electron chi connectivity index (χ0n) is 12.1. The highest BCUT2D eigenvalue weighted by Crippen LogP contribution is 2.63. The van der Waals surface area contributed by atoms with Gasteiger partial charge in [0.25, 0.3) is 0 Å². The highest BCUT2D eigenvalue weighted by atomic mass is 16.5. The molecular formula is C14H27BO3. The lowest BCUT2D eigenvalue weighted by Gasteiger charge is -2.66. The van der Waals surface area contributed by atoms with Gasteiger partial charge in [0.05, 0.1) is 11.7 Å². The highest BCUT2D eigenvalue weighted by Gasteiger charge is 2.64. The van der Waals surface area contributed by atoms with Crippen molar-refractivity contribution in [3.05, 3.63) is 0 Å². The van der Waals surface area contributed by atoms with Gasteiger partial charge in [-0.05, 0) is 43.3 Å². The van der Waals surface area contributed by atoms with Crippen molar-refractivity contribution in [1.29, 1.82) is 0 Å². The molecule has 0 heterocycles. The zero-order chi connectivity index (χ0) is 13.6. The van der Waals surface area contributed by atoms with E-state index in [0.717, 1.165) is 25.7 Å². The van der Waals surface area contributed by atoms with E-state index in [0.29, 0.717) is 18.2 Å². The molecule has 4 atom stereocenters. The molecule has 104 valence electrons. The quantitative estimate of drug-likeness (QED) is 0.741. The summed E-state index contributed by atoms with van der Waals surface area (Å²) in [6, 6.07) is 0. The summed E-state index contributed by atoms with van der Waals surface area (Å²) in [5.41, 5.74) is -0.343. The minimum Gasteiger partial charge on any atom is -0.427 e. The Labute approximate surface area is 111 Å². The van der Waals surface area contributed by atoms with E-state index >= 15 is 0 Å². The topological polar surface area (TPSA) is 49.7 Å². The number of hydrogen-bond donors (Lipinski definition) is 2. The fourth-order valence-electron chi connectivity index (χ4n) is 4.02. The minimum atomic E-state index is -0.738. The average molecular weight is 254 g/mol. The van der Waals surface area contributed by atoms with Gasteiger partial charge in [0, 0.05) is 0 Å². The molecule has 0 saturated heterocycles. The van der Waals surface area contributed by atoms with Crippen LogP contribution >= 0.6 is 0 Å². The molecule has 18 heavy (non-hydrogen) atoms. The second kappa shape index (κ2) is 4.80. The number of aliphatic hydroxyl groups is 1. The maximum absolute atomic E-state index is 10.3. The van der Waals surface area contributed by atoms with Crippen LogP contribution in [-0.2, 0) is 4.65 Å². The van der Waals surface area contributed by atoms with Crippen LogP contribution in [0.5, 0.6) is 0 Å². The van der Waals surface area contributed by atoms with Crippen LogP contribution in [0.15, 0.2) is 0 Å². The van der Waals surface area contributed by atoms with Gasteiger partial charge < -0.3 is 14.8 Å². The van der Waals surface area contributed by atoms with E-state index in [2.05, 4.69) is 20.8 Å². The van der Waals surface area contributed by atoms with E-state index in [1.54, 1.807) is 0 Å². The maximum atomic E-state index is 10.3. The van der Waals surface area contributed by atoms with Crippen molar-refractivity contribution < 1.29 is 14.8 Å². The van der Waals surface area contributed by atoms with Crippen molar-refractivity contribution in [2.45, 2.75) is 71.4 Å². The van der Waals surface area contributed by atoms with E-state index < -0.39 is 18.8 Å². The molecule has 0 unspecified atom stereocenters. The van der Waals surface area contributed by atoms with Gasteiger partial charge in [0.15, 0.2) is 0 Å². The standard InChI is InChI=1S/C14H27BO3/c1-5-6-7-15(17)18-14(4)11-8-10(9-12(14)16)13(11,2)3/h10-12,16-17H,5-9H2,1-4H3/t10-,11-,12+,14-/m0/s1. The van der Waals surface area contributed by atoms with Gasteiger partial charge in [-0.25, -0.2) is 0 Å². The lowest BCUT2D eigenvalue weighted by Crippen LogP contribution is -2.68. The monoisotopic (exact) mass is 254 g/mol. The normalized spacial score (nSPS) is 41.3. The smallest absolute Gasteiger partial charge is 0.427 e. The molecule has 3 saturated carbocycles. The van der Waals surface area contributed by atoms with Crippen LogP contribution in [0.2, 0.25) is 6.32 Å². The van der Waals surface area contributed by atoms with Gasteiger partial charge in [0.2, 0.25) is 0 Å². The molecule has 3 aliphatic rings. The molecule has 2 N–H and O–H groups in total. The largest absolute Gasteiger partial charge is 0.454 e. The molecule has 0 aromatic rings. The van der Waals surface area contributed by atoms with Crippen LogP contribution in [-0.4, -0.2) is 29.0 Å². The Morgan fingerprint density at radius 1 is 1.28 bits per heavy atom. The average Bonchev–Trinajstić information content (AvgIpc) is 2.29. The van der Waals surface area contributed by atoms with Crippen LogP contribution in [0.25, 0.3) is 0 Å². The fraction of sp³-hybridized carbons (Fsp3) is 1.00. The maximum Gasteiger partial charge on any atom is 0.454 e. The summed E-state index contributed by atoms with van der Waals surface area (Å²) >= 11 is 0. The van der Waals surface area contributed by atoms with Crippen molar-refractivity contribution in [3.8, 4) is 0 Å². The Bertz CT molecular complexity index is 307. The first kappa shape index (κ1) is 14.4. The summed E-state index contributed by atoms with van der Waals surface area (Å²) in [7, 11) is -0.738. The Balaban J connectivity index is 2.03. The number of unbranched alkanes of at least 4 members (excludes halogenated alkanes) is 1. The molecule has 0 aliphatic heterocycles. The lowest BCUT2D eigenvalue weighted by atomic mass is 9.43. The molecule has 0 amide bonds. The van der Waals surface area contributed by atoms with Gasteiger partial charge >= 0.3 is 7.12 Å². The molecule has 0 aromatic heterocycles. The number of fused-ring (bicyclic) bond motifs is 2. The molecule has 0 radical (unpaired) electrons. The van der Waals surface area contributed by atoms with Crippen molar-refractivity contribution in [2.75, 3.05) is 0 Å². The molecule has 0 aromatic carbocycles. The summed E-state index contributed by atoms with van der Waals surface area (Å²) in [5.74, 6) is 0.969. The fourth-order valence-corrected chi connectivity index (χ4v) is 4.02. The summed E-state index contributed by atoms with van der Waals surface area (Å²) in [5, 5.41) is 20.3. The lowest BCUT2D eigenvalue weighted by molar-refractivity contribution is -0.238. The van der Waals surface area contributed by atoms with Gasteiger partial charge in [-0.1, -0.05) is 33.6 Å².